The maximum absolute atomic E-state index is 5.60. The second-order valence-corrected chi connectivity index (χ2v) is 4.24. The zero-order valence-corrected chi connectivity index (χ0v) is 10.4. The Bertz CT molecular complexity index is 367. The summed E-state index contributed by atoms with van der Waals surface area (Å²) >= 11 is 0. The monoisotopic (exact) mass is 237 g/mol. The molecule has 1 N–H and O–H groups in total. The van der Waals surface area contributed by atoms with Crippen molar-refractivity contribution in [1.82, 2.24) is 15.3 Å². The third-order valence-electron chi connectivity index (χ3n) is 2.50. The van der Waals surface area contributed by atoms with Gasteiger partial charge in [-0.05, 0) is 26.0 Å². The topological polar surface area (TPSA) is 56.3 Å². The molecular formula is C12H19N3O2. The molecule has 1 aromatic heterocycles. The predicted molar refractivity (Wildman–Crippen MR) is 64.0 cm³/mol. The summed E-state index contributed by atoms with van der Waals surface area (Å²) in [4.78, 5) is 8.64. The van der Waals surface area contributed by atoms with Crippen LogP contribution in [-0.2, 0) is 11.3 Å². The van der Waals surface area contributed by atoms with E-state index in [9.17, 15) is 0 Å². The molecule has 1 saturated heterocycles. The lowest BCUT2D eigenvalue weighted by molar-refractivity contribution is -0.0832. The lowest BCUT2D eigenvalue weighted by Gasteiger charge is -2.25. The van der Waals surface area contributed by atoms with E-state index in [1.165, 1.54) is 0 Å². The fraction of sp³-hybridized carbons (Fsp3) is 0.667. The molecule has 1 aromatic rings. The third kappa shape index (κ3) is 3.64. The van der Waals surface area contributed by atoms with Crippen molar-refractivity contribution >= 4 is 0 Å². The van der Waals surface area contributed by atoms with Crippen molar-refractivity contribution in [2.45, 2.75) is 32.9 Å². The van der Waals surface area contributed by atoms with Gasteiger partial charge < -0.3 is 14.8 Å². The largest absolute Gasteiger partial charge is 0.455 e. The molecule has 1 aliphatic rings. The van der Waals surface area contributed by atoms with E-state index in [2.05, 4.69) is 22.2 Å². The molecule has 5 heteroatoms. The molecule has 2 rings (SSSR count). The second kappa shape index (κ2) is 5.93. The van der Waals surface area contributed by atoms with Gasteiger partial charge in [0.2, 0.25) is 0 Å². The Hall–Kier alpha value is -1.20. The molecule has 0 atom stereocenters. The SMILES string of the molecule is CCCNCc1cc(C)nc(OC2COC2)n1. The average molecular weight is 237 g/mol. The summed E-state index contributed by atoms with van der Waals surface area (Å²) < 4.78 is 10.7. The Morgan fingerprint density at radius 2 is 2.29 bits per heavy atom. The molecule has 0 radical (unpaired) electrons. The van der Waals surface area contributed by atoms with Crippen molar-refractivity contribution in [2.75, 3.05) is 19.8 Å². The number of ether oxygens (including phenoxy) is 2. The number of aromatic nitrogens is 2. The van der Waals surface area contributed by atoms with Crippen LogP contribution in [0, 0.1) is 6.92 Å². The average Bonchev–Trinajstić information content (AvgIpc) is 2.23. The smallest absolute Gasteiger partial charge is 0.317 e. The van der Waals surface area contributed by atoms with Crippen LogP contribution in [0.25, 0.3) is 0 Å². The van der Waals surface area contributed by atoms with Gasteiger partial charge in [-0.3, -0.25) is 0 Å². The minimum Gasteiger partial charge on any atom is -0.455 e. The van der Waals surface area contributed by atoms with Crippen molar-refractivity contribution < 1.29 is 9.47 Å². The van der Waals surface area contributed by atoms with Crippen molar-refractivity contribution in [3.8, 4) is 6.01 Å². The highest BCUT2D eigenvalue weighted by Crippen LogP contribution is 2.12. The maximum atomic E-state index is 5.60. The summed E-state index contributed by atoms with van der Waals surface area (Å²) in [5, 5.41) is 3.32. The first kappa shape index (κ1) is 12.3. The molecule has 2 heterocycles. The van der Waals surface area contributed by atoms with Gasteiger partial charge in [0, 0.05) is 12.2 Å². The second-order valence-electron chi connectivity index (χ2n) is 4.24. The zero-order valence-electron chi connectivity index (χ0n) is 10.4. The van der Waals surface area contributed by atoms with Crippen LogP contribution < -0.4 is 10.1 Å². The number of hydrogen-bond acceptors (Lipinski definition) is 5. The Balaban J connectivity index is 1.95. The van der Waals surface area contributed by atoms with Crippen LogP contribution in [0.4, 0.5) is 0 Å². The maximum Gasteiger partial charge on any atom is 0.317 e. The summed E-state index contributed by atoms with van der Waals surface area (Å²) in [6.07, 6.45) is 1.24. The minimum absolute atomic E-state index is 0.119. The standard InChI is InChI=1S/C12H19N3O2/c1-3-4-13-6-10-5-9(2)14-12(15-10)17-11-7-16-8-11/h5,11,13H,3-4,6-8H2,1-2H3. The molecule has 0 saturated carbocycles. The summed E-state index contributed by atoms with van der Waals surface area (Å²) in [5.41, 5.74) is 1.91. The molecule has 0 unspecified atom stereocenters. The van der Waals surface area contributed by atoms with Gasteiger partial charge in [0.1, 0.15) is 6.10 Å². The van der Waals surface area contributed by atoms with Crippen molar-refractivity contribution in [1.29, 1.82) is 0 Å². The quantitative estimate of drug-likeness (QED) is 0.750. The molecule has 1 fully saturated rings. The minimum atomic E-state index is 0.119. The number of hydrogen-bond donors (Lipinski definition) is 1. The van der Waals surface area contributed by atoms with Gasteiger partial charge in [0.25, 0.3) is 0 Å². The molecule has 0 spiro atoms. The van der Waals surface area contributed by atoms with Gasteiger partial charge in [-0.2, -0.15) is 4.98 Å². The van der Waals surface area contributed by atoms with Crippen LogP contribution in [0.15, 0.2) is 6.07 Å². The Labute approximate surface area is 102 Å². The molecule has 0 amide bonds. The van der Waals surface area contributed by atoms with Crippen LogP contribution in [0.2, 0.25) is 0 Å². The van der Waals surface area contributed by atoms with Gasteiger partial charge in [-0.1, -0.05) is 6.92 Å². The molecule has 17 heavy (non-hydrogen) atoms. The molecule has 0 bridgehead atoms. The molecule has 1 aliphatic heterocycles. The first-order valence-corrected chi connectivity index (χ1v) is 6.07. The summed E-state index contributed by atoms with van der Waals surface area (Å²) in [5.74, 6) is 0. The van der Waals surface area contributed by atoms with Crippen molar-refractivity contribution in [2.24, 2.45) is 0 Å². The van der Waals surface area contributed by atoms with E-state index in [0.717, 1.165) is 30.9 Å². The first-order chi connectivity index (χ1) is 8.28. The fourth-order valence-electron chi connectivity index (χ4n) is 1.57. The molecule has 94 valence electrons. The Morgan fingerprint density at radius 3 is 2.94 bits per heavy atom. The predicted octanol–water partition coefficient (Wildman–Crippen LogP) is 1.06. The number of rotatable bonds is 6. The highest BCUT2D eigenvalue weighted by atomic mass is 16.6. The Kier molecular flexibility index (Phi) is 4.28. The van der Waals surface area contributed by atoms with E-state index in [1.54, 1.807) is 0 Å². The van der Waals surface area contributed by atoms with E-state index in [1.807, 2.05) is 13.0 Å². The summed E-state index contributed by atoms with van der Waals surface area (Å²) in [6, 6.07) is 2.44. The number of aryl methyl sites for hydroxylation is 1. The summed E-state index contributed by atoms with van der Waals surface area (Å²) in [6.45, 7) is 7.13. The van der Waals surface area contributed by atoms with E-state index in [0.29, 0.717) is 19.2 Å². The first-order valence-electron chi connectivity index (χ1n) is 6.07. The molecule has 0 aliphatic carbocycles. The van der Waals surface area contributed by atoms with Gasteiger partial charge in [-0.25, -0.2) is 4.98 Å². The normalized spacial score (nSPS) is 15.6. The number of nitrogens with zero attached hydrogens (tertiary/aromatic N) is 2. The molecule has 5 nitrogen and oxygen atoms in total. The lowest BCUT2D eigenvalue weighted by atomic mass is 10.3. The third-order valence-corrected chi connectivity index (χ3v) is 2.50. The Morgan fingerprint density at radius 1 is 1.47 bits per heavy atom. The molecular weight excluding hydrogens is 218 g/mol. The van der Waals surface area contributed by atoms with Gasteiger partial charge in [0.15, 0.2) is 0 Å². The van der Waals surface area contributed by atoms with Gasteiger partial charge >= 0.3 is 6.01 Å². The van der Waals surface area contributed by atoms with E-state index < -0.39 is 0 Å². The van der Waals surface area contributed by atoms with Crippen LogP contribution in [0.1, 0.15) is 24.7 Å². The lowest BCUT2D eigenvalue weighted by Crippen LogP contribution is -2.39. The highest BCUT2D eigenvalue weighted by molar-refractivity contribution is 5.13. The zero-order chi connectivity index (χ0) is 12.1. The summed E-state index contributed by atoms with van der Waals surface area (Å²) in [7, 11) is 0. The van der Waals surface area contributed by atoms with Crippen molar-refractivity contribution in [3.05, 3.63) is 17.5 Å². The number of nitrogens with one attached hydrogen (secondary N) is 1. The fourth-order valence-corrected chi connectivity index (χ4v) is 1.57. The van der Waals surface area contributed by atoms with Crippen LogP contribution in [-0.4, -0.2) is 35.8 Å². The van der Waals surface area contributed by atoms with Gasteiger partial charge in [0.05, 0.1) is 18.9 Å². The highest BCUT2D eigenvalue weighted by Gasteiger charge is 2.21. The van der Waals surface area contributed by atoms with E-state index in [4.69, 9.17) is 9.47 Å². The molecule has 0 aromatic carbocycles. The van der Waals surface area contributed by atoms with Crippen LogP contribution in [0.5, 0.6) is 6.01 Å². The van der Waals surface area contributed by atoms with Crippen LogP contribution in [0.3, 0.4) is 0 Å². The van der Waals surface area contributed by atoms with E-state index >= 15 is 0 Å². The van der Waals surface area contributed by atoms with Gasteiger partial charge in [-0.15, -0.1) is 0 Å². The van der Waals surface area contributed by atoms with Crippen LogP contribution >= 0.6 is 0 Å². The van der Waals surface area contributed by atoms with E-state index in [-0.39, 0.29) is 6.10 Å². The van der Waals surface area contributed by atoms with Crippen molar-refractivity contribution in [3.63, 3.8) is 0 Å².